The molecule has 1 spiro atoms. The molecular formula is C37H65N3O3. The van der Waals surface area contributed by atoms with Crippen LogP contribution in [0, 0.1) is 46.8 Å². The first-order valence-electron chi connectivity index (χ1n) is 18.9. The van der Waals surface area contributed by atoms with E-state index in [1.54, 1.807) is 0 Å². The minimum Gasteiger partial charge on any atom is -0.349 e. The Bertz CT molecular complexity index is 930. The molecule has 3 N–H and O–H groups in total. The van der Waals surface area contributed by atoms with Crippen molar-refractivity contribution in [3.8, 4) is 0 Å². The third kappa shape index (κ3) is 6.29. The molecule has 6 heteroatoms. The molecule has 6 rings (SSSR count). The Morgan fingerprint density at radius 1 is 1.05 bits per heavy atom. The summed E-state index contributed by atoms with van der Waals surface area (Å²) in [5.41, 5.74) is 6.39. The number of amides is 2. The lowest BCUT2D eigenvalue weighted by atomic mass is 9.52. The summed E-state index contributed by atoms with van der Waals surface area (Å²) in [4.78, 5) is 15.7. The number of ether oxygens (including phenoxy) is 2. The lowest BCUT2D eigenvalue weighted by Crippen LogP contribution is -2.52. The van der Waals surface area contributed by atoms with Gasteiger partial charge in [-0.15, -0.1) is 0 Å². The van der Waals surface area contributed by atoms with E-state index in [1.807, 2.05) is 0 Å². The second-order valence-electron chi connectivity index (χ2n) is 16.5. The highest BCUT2D eigenvalue weighted by molar-refractivity contribution is 5.75. The summed E-state index contributed by atoms with van der Waals surface area (Å²) in [6.07, 6.45) is 21.5. The number of hydrogen-bond donors (Lipinski definition) is 2. The average Bonchev–Trinajstić information content (AvgIpc) is 3.46. The largest absolute Gasteiger partial charge is 0.349 e. The molecule has 2 aliphatic heterocycles. The Kier molecular flexibility index (Phi) is 10.1. The fraction of sp³-hybridized carbons (Fsp3) is 0.973. The van der Waals surface area contributed by atoms with Gasteiger partial charge in [0.05, 0.1) is 12.7 Å². The van der Waals surface area contributed by atoms with E-state index in [2.05, 4.69) is 37.9 Å². The second kappa shape index (κ2) is 13.5. The number of nitrogens with one attached hydrogen (secondary N) is 1. The van der Waals surface area contributed by atoms with Crippen molar-refractivity contribution < 1.29 is 14.3 Å². The van der Waals surface area contributed by atoms with Gasteiger partial charge in [0.1, 0.15) is 0 Å². The lowest BCUT2D eigenvalue weighted by molar-refractivity contribution is -0.272. The fourth-order valence-electron chi connectivity index (χ4n) is 11.6. The van der Waals surface area contributed by atoms with Gasteiger partial charge in [-0.2, -0.15) is 0 Å². The number of fused-ring (bicyclic) bond motifs is 5. The van der Waals surface area contributed by atoms with Crippen molar-refractivity contribution in [3.05, 3.63) is 0 Å². The first-order valence-corrected chi connectivity index (χ1v) is 18.9. The van der Waals surface area contributed by atoms with Crippen molar-refractivity contribution >= 4 is 6.03 Å². The van der Waals surface area contributed by atoms with Gasteiger partial charge in [-0.05, 0) is 105 Å². The lowest BCUT2D eigenvalue weighted by Gasteiger charge is -2.53. The number of carbonyl (C=O) groups excluding carboxylic acids is 1. The van der Waals surface area contributed by atoms with Crippen LogP contribution in [0.5, 0.6) is 0 Å². The molecule has 246 valence electrons. The number of nitrogens with two attached hydrogens (primary N) is 1. The van der Waals surface area contributed by atoms with Crippen LogP contribution >= 0.6 is 0 Å². The van der Waals surface area contributed by atoms with Gasteiger partial charge >= 0.3 is 6.03 Å². The number of nitrogens with zero attached hydrogens (tertiary/aromatic N) is 1. The highest BCUT2D eigenvalue weighted by Crippen LogP contribution is 2.68. The van der Waals surface area contributed by atoms with E-state index >= 15 is 0 Å². The zero-order valence-corrected chi connectivity index (χ0v) is 28.2. The molecule has 0 aromatic rings. The molecule has 0 bridgehead atoms. The summed E-state index contributed by atoms with van der Waals surface area (Å²) in [5.74, 6) is 4.76. The van der Waals surface area contributed by atoms with Crippen molar-refractivity contribution in [1.82, 2.24) is 10.2 Å². The first-order chi connectivity index (χ1) is 20.8. The Morgan fingerprint density at radius 3 is 2.58 bits per heavy atom. The molecule has 2 amide bonds. The molecule has 0 aromatic carbocycles. The molecule has 0 unspecified atom stereocenters. The van der Waals surface area contributed by atoms with Gasteiger partial charge in [-0.25, -0.2) is 4.79 Å². The Morgan fingerprint density at radius 2 is 1.86 bits per heavy atom. The molecule has 2 heterocycles. The van der Waals surface area contributed by atoms with Crippen LogP contribution in [0.2, 0.25) is 0 Å². The van der Waals surface area contributed by atoms with Crippen LogP contribution in [-0.4, -0.2) is 54.6 Å². The van der Waals surface area contributed by atoms with Crippen LogP contribution in [0.3, 0.4) is 0 Å². The Labute approximate surface area is 263 Å². The Balaban J connectivity index is 1.07. The predicted molar refractivity (Wildman–Crippen MR) is 173 cm³/mol. The third-order valence-electron chi connectivity index (χ3n) is 13.9. The van der Waals surface area contributed by atoms with Crippen molar-refractivity contribution in [2.24, 2.45) is 52.6 Å². The van der Waals surface area contributed by atoms with Gasteiger partial charge in [-0.1, -0.05) is 66.2 Å². The quantitative estimate of drug-likeness (QED) is 0.283. The van der Waals surface area contributed by atoms with E-state index in [-0.39, 0.29) is 11.8 Å². The van der Waals surface area contributed by atoms with Gasteiger partial charge in [0.2, 0.25) is 0 Å². The van der Waals surface area contributed by atoms with E-state index in [0.29, 0.717) is 54.4 Å². The molecule has 11 atom stereocenters. The van der Waals surface area contributed by atoms with Gasteiger partial charge in [0.25, 0.3) is 0 Å². The third-order valence-corrected chi connectivity index (χ3v) is 13.9. The number of hydrogen-bond acceptors (Lipinski definition) is 4. The highest BCUT2D eigenvalue weighted by atomic mass is 16.7. The summed E-state index contributed by atoms with van der Waals surface area (Å²) >= 11 is 0. The van der Waals surface area contributed by atoms with Crippen LogP contribution < -0.4 is 11.1 Å². The van der Waals surface area contributed by atoms with Crippen LogP contribution in [0.1, 0.15) is 137 Å². The van der Waals surface area contributed by atoms with Crippen LogP contribution in [0.25, 0.3) is 0 Å². The molecule has 2 saturated heterocycles. The monoisotopic (exact) mass is 600 g/mol. The van der Waals surface area contributed by atoms with Gasteiger partial charge < -0.3 is 25.4 Å². The Hall–Kier alpha value is -0.850. The minimum atomic E-state index is -0.307. The molecule has 4 saturated carbocycles. The molecule has 43 heavy (non-hydrogen) atoms. The number of unbranched alkanes of at least 4 members (excludes halogenated alkanes) is 1. The van der Waals surface area contributed by atoms with Crippen molar-refractivity contribution in [1.29, 1.82) is 0 Å². The van der Waals surface area contributed by atoms with E-state index in [9.17, 15) is 4.79 Å². The van der Waals surface area contributed by atoms with Crippen LogP contribution in [0.4, 0.5) is 4.79 Å². The summed E-state index contributed by atoms with van der Waals surface area (Å²) in [7, 11) is 0. The molecular weight excluding hydrogens is 534 g/mol. The molecule has 0 radical (unpaired) electrons. The SMILES string of the molecule is CCCC[C@H](C[C@H]1CC[C@@H]2[C@H](CC[C@]3(C)[C@@H]4[C@H](C[C@@H]23)O[C@]2(CC[C@H](C)CO2)[C@H]4C)C1)NC(=O)N(CCN)C1CCCCC1. The average molecular weight is 600 g/mol. The fourth-order valence-corrected chi connectivity index (χ4v) is 11.6. The topological polar surface area (TPSA) is 76.8 Å². The number of urea groups is 1. The normalized spacial score (nSPS) is 43.6. The van der Waals surface area contributed by atoms with E-state index < -0.39 is 0 Å². The van der Waals surface area contributed by atoms with Gasteiger partial charge in [-0.3, -0.25) is 0 Å². The first kappa shape index (κ1) is 32.1. The zero-order valence-electron chi connectivity index (χ0n) is 28.2. The summed E-state index contributed by atoms with van der Waals surface area (Å²) < 4.78 is 13.5. The molecule has 6 nitrogen and oxygen atoms in total. The molecule has 6 aliphatic rings. The van der Waals surface area contributed by atoms with E-state index in [0.717, 1.165) is 62.4 Å². The van der Waals surface area contributed by atoms with Crippen molar-refractivity contribution in [2.75, 3.05) is 19.7 Å². The van der Waals surface area contributed by atoms with Crippen LogP contribution in [0.15, 0.2) is 0 Å². The van der Waals surface area contributed by atoms with Crippen LogP contribution in [-0.2, 0) is 9.47 Å². The number of carbonyl (C=O) groups is 1. The summed E-state index contributed by atoms with van der Waals surface area (Å²) in [6.45, 7) is 11.8. The smallest absolute Gasteiger partial charge is 0.317 e. The summed E-state index contributed by atoms with van der Waals surface area (Å²) in [5, 5.41) is 3.56. The molecule has 4 aliphatic carbocycles. The standard InChI is InChI=1S/C37H65N3O3/c1-5-6-10-29(39-35(41)40(20-19-38)30-11-8-7-9-12-30)22-27-13-14-31-28(21-27)16-17-36(4)32(31)23-33-34(36)26(3)37(43-33)18-15-25(2)24-42-37/h25-34H,5-24,38H2,1-4H3,(H,39,41)/t25-,26-,27-,28+,29+,31+,32-,33-,34-,36-,37+/m0/s1. The molecule has 0 aromatic heterocycles. The second-order valence-corrected chi connectivity index (χ2v) is 16.5. The van der Waals surface area contributed by atoms with Gasteiger partial charge in [0, 0.05) is 37.5 Å². The minimum absolute atomic E-state index is 0.154. The number of rotatable bonds is 9. The van der Waals surface area contributed by atoms with E-state index in [1.165, 1.54) is 77.0 Å². The highest BCUT2D eigenvalue weighted by Gasteiger charge is 2.67. The van der Waals surface area contributed by atoms with E-state index in [4.69, 9.17) is 15.2 Å². The van der Waals surface area contributed by atoms with Crippen molar-refractivity contribution in [3.63, 3.8) is 0 Å². The molecule has 6 fully saturated rings. The van der Waals surface area contributed by atoms with Crippen molar-refractivity contribution in [2.45, 2.75) is 161 Å². The van der Waals surface area contributed by atoms with Gasteiger partial charge in [0.15, 0.2) is 5.79 Å². The maximum Gasteiger partial charge on any atom is 0.317 e. The zero-order chi connectivity index (χ0) is 30.2. The summed E-state index contributed by atoms with van der Waals surface area (Å²) in [6, 6.07) is 0.819. The maximum absolute atomic E-state index is 13.6. The predicted octanol–water partition coefficient (Wildman–Crippen LogP) is 7.88. The maximum atomic E-state index is 13.6.